The van der Waals surface area contributed by atoms with Crippen molar-refractivity contribution in [3.63, 3.8) is 0 Å². The predicted molar refractivity (Wildman–Crippen MR) is 56.2 cm³/mol. The van der Waals surface area contributed by atoms with Crippen LogP contribution < -0.4 is 5.69 Å². The third-order valence-corrected chi connectivity index (χ3v) is 3.07. The molecule has 1 unspecified atom stereocenters. The molecule has 0 aliphatic carbocycles. The molecule has 0 amide bonds. The smallest absolute Gasteiger partial charge is 0.345 e. The zero-order chi connectivity index (χ0) is 11.7. The van der Waals surface area contributed by atoms with Gasteiger partial charge in [0, 0.05) is 19.5 Å². The third kappa shape index (κ3) is 1.75. The molecule has 0 fully saturated rings. The predicted octanol–water partition coefficient (Wildman–Crippen LogP) is 0.102. The standard InChI is InChI=1S/C10H15N3O3/c1-2-13-10(16)12-6-5-7(9(14)15)3-4-8(12)11-13/h7H,2-6H2,1H3,(H,14,15). The average molecular weight is 225 g/mol. The first-order valence-corrected chi connectivity index (χ1v) is 5.52. The van der Waals surface area contributed by atoms with Crippen molar-refractivity contribution in [1.82, 2.24) is 14.3 Å². The second kappa shape index (κ2) is 4.11. The van der Waals surface area contributed by atoms with E-state index in [4.69, 9.17) is 5.11 Å². The molecule has 6 nitrogen and oxygen atoms in total. The molecule has 6 heteroatoms. The van der Waals surface area contributed by atoms with Crippen molar-refractivity contribution in [2.75, 3.05) is 0 Å². The number of carboxylic acids is 1. The zero-order valence-corrected chi connectivity index (χ0v) is 9.22. The Bertz CT molecular complexity index is 460. The second-order valence-corrected chi connectivity index (χ2v) is 4.03. The molecule has 1 N–H and O–H groups in total. The molecule has 1 aromatic heterocycles. The van der Waals surface area contributed by atoms with E-state index in [1.807, 2.05) is 6.92 Å². The van der Waals surface area contributed by atoms with E-state index in [2.05, 4.69) is 5.10 Å². The summed E-state index contributed by atoms with van der Waals surface area (Å²) in [6.45, 7) is 2.89. The van der Waals surface area contributed by atoms with Gasteiger partial charge in [-0.25, -0.2) is 9.48 Å². The van der Waals surface area contributed by atoms with Crippen molar-refractivity contribution >= 4 is 5.97 Å². The van der Waals surface area contributed by atoms with Gasteiger partial charge in [-0.05, 0) is 19.8 Å². The van der Waals surface area contributed by atoms with Crippen molar-refractivity contribution in [3.8, 4) is 0 Å². The summed E-state index contributed by atoms with van der Waals surface area (Å²) in [5.41, 5.74) is -0.122. The van der Waals surface area contributed by atoms with E-state index in [0.717, 1.165) is 5.82 Å². The fraction of sp³-hybridized carbons (Fsp3) is 0.700. The van der Waals surface area contributed by atoms with Gasteiger partial charge in [0.25, 0.3) is 0 Å². The Morgan fingerprint density at radius 2 is 2.31 bits per heavy atom. The largest absolute Gasteiger partial charge is 0.481 e. The highest BCUT2D eigenvalue weighted by Gasteiger charge is 2.24. The molecule has 0 aromatic carbocycles. The number of hydrogen-bond acceptors (Lipinski definition) is 3. The minimum Gasteiger partial charge on any atom is -0.481 e. The summed E-state index contributed by atoms with van der Waals surface area (Å²) in [5, 5.41) is 13.1. The minimum absolute atomic E-state index is 0.122. The normalized spacial score (nSPS) is 20.2. The van der Waals surface area contributed by atoms with Crippen LogP contribution in [0, 0.1) is 5.92 Å². The zero-order valence-electron chi connectivity index (χ0n) is 9.22. The van der Waals surface area contributed by atoms with Crippen molar-refractivity contribution < 1.29 is 9.90 Å². The van der Waals surface area contributed by atoms with E-state index < -0.39 is 5.97 Å². The van der Waals surface area contributed by atoms with Crippen LogP contribution in [0.4, 0.5) is 0 Å². The fourth-order valence-electron chi connectivity index (χ4n) is 2.08. The lowest BCUT2D eigenvalue weighted by Gasteiger charge is -2.06. The van der Waals surface area contributed by atoms with E-state index in [-0.39, 0.29) is 11.6 Å². The lowest BCUT2D eigenvalue weighted by Crippen LogP contribution is -2.25. The molecule has 0 spiro atoms. The van der Waals surface area contributed by atoms with Gasteiger partial charge in [-0.2, -0.15) is 5.10 Å². The van der Waals surface area contributed by atoms with Gasteiger partial charge in [0.15, 0.2) is 0 Å². The first-order valence-electron chi connectivity index (χ1n) is 5.52. The Kier molecular flexibility index (Phi) is 2.80. The topological polar surface area (TPSA) is 77.1 Å². The number of rotatable bonds is 2. The number of aliphatic carboxylic acids is 1. The molecule has 1 atom stereocenters. The van der Waals surface area contributed by atoms with Crippen LogP contribution in [-0.2, 0) is 24.3 Å². The quantitative estimate of drug-likeness (QED) is 0.774. The molecule has 88 valence electrons. The van der Waals surface area contributed by atoms with Gasteiger partial charge in [-0.15, -0.1) is 0 Å². The van der Waals surface area contributed by atoms with E-state index >= 15 is 0 Å². The van der Waals surface area contributed by atoms with Crippen LogP contribution >= 0.6 is 0 Å². The number of hydrogen-bond donors (Lipinski definition) is 1. The average Bonchev–Trinajstić information content (AvgIpc) is 2.46. The number of fused-ring (bicyclic) bond motifs is 1. The maximum Gasteiger partial charge on any atom is 0.345 e. The number of aromatic nitrogens is 3. The van der Waals surface area contributed by atoms with Crippen molar-refractivity contribution in [3.05, 3.63) is 16.3 Å². The maximum absolute atomic E-state index is 11.8. The third-order valence-electron chi connectivity index (χ3n) is 3.07. The van der Waals surface area contributed by atoms with Crippen LogP contribution in [0.2, 0.25) is 0 Å². The highest BCUT2D eigenvalue weighted by atomic mass is 16.4. The Hall–Kier alpha value is -1.59. The molecule has 16 heavy (non-hydrogen) atoms. The summed E-state index contributed by atoms with van der Waals surface area (Å²) < 4.78 is 3.03. The maximum atomic E-state index is 11.8. The number of nitrogens with zero attached hydrogens (tertiary/aromatic N) is 3. The van der Waals surface area contributed by atoms with Crippen LogP contribution in [0.3, 0.4) is 0 Å². The van der Waals surface area contributed by atoms with E-state index in [0.29, 0.717) is 32.4 Å². The molecular formula is C10H15N3O3. The van der Waals surface area contributed by atoms with Crippen LogP contribution in [0.25, 0.3) is 0 Å². The summed E-state index contributed by atoms with van der Waals surface area (Å²) >= 11 is 0. The monoisotopic (exact) mass is 225 g/mol. The first-order chi connectivity index (χ1) is 7.63. The molecule has 0 saturated heterocycles. The SMILES string of the molecule is CCn1nc2n(c1=O)CCC(C(=O)O)CC2. The van der Waals surface area contributed by atoms with Crippen molar-refractivity contribution in [2.24, 2.45) is 5.92 Å². The van der Waals surface area contributed by atoms with Gasteiger partial charge in [0.2, 0.25) is 0 Å². The lowest BCUT2D eigenvalue weighted by molar-refractivity contribution is -0.142. The summed E-state index contributed by atoms with van der Waals surface area (Å²) in [5.74, 6) is -0.409. The number of carboxylic acid groups (broad SMARTS) is 1. The van der Waals surface area contributed by atoms with Gasteiger partial charge in [0.1, 0.15) is 5.82 Å². The van der Waals surface area contributed by atoms with Gasteiger partial charge < -0.3 is 5.11 Å². The van der Waals surface area contributed by atoms with Gasteiger partial charge in [-0.1, -0.05) is 0 Å². The lowest BCUT2D eigenvalue weighted by atomic mass is 10.0. The Morgan fingerprint density at radius 1 is 1.56 bits per heavy atom. The molecular weight excluding hydrogens is 210 g/mol. The second-order valence-electron chi connectivity index (χ2n) is 4.03. The molecule has 0 saturated carbocycles. The summed E-state index contributed by atoms with van der Waals surface area (Å²) in [7, 11) is 0. The highest BCUT2D eigenvalue weighted by molar-refractivity contribution is 5.69. The fourth-order valence-corrected chi connectivity index (χ4v) is 2.08. The van der Waals surface area contributed by atoms with Crippen LogP contribution in [0.15, 0.2) is 4.79 Å². The molecule has 1 aromatic rings. The van der Waals surface area contributed by atoms with Crippen LogP contribution in [0.1, 0.15) is 25.6 Å². The van der Waals surface area contributed by atoms with Crippen LogP contribution in [-0.4, -0.2) is 25.4 Å². The molecule has 0 radical (unpaired) electrons. The van der Waals surface area contributed by atoms with Gasteiger partial charge >= 0.3 is 11.7 Å². The van der Waals surface area contributed by atoms with E-state index in [1.54, 1.807) is 4.57 Å². The Balaban J connectivity index is 2.27. The summed E-state index contributed by atoms with van der Waals surface area (Å²) in [6.07, 6.45) is 1.65. The first kappa shape index (κ1) is 10.9. The summed E-state index contributed by atoms with van der Waals surface area (Å²) in [6, 6.07) is 0. The van der Waals surface area contributed by atoms with E-state index in [1.165, 1.54) is 4.68 Å². The van der Waals surface area contributed by atoms with Gasteiger partial charge in [-0.3, -0.25) is 9.36 Å². The minimum atomic E-state index is -0.776. The summed E-state index contributed by atoms with van der Waals surface area (Å²) in [4.78, 5) is 22.7. The van der Waals surface area contributed by atoms with E-state index in [9.17, 15) is 9.59 Å². The molecule has 1 aliphatic rings. The molecule has 0 bridgehead atoms. The Morgan fingerprint density at radius 3 is 2.94 bits per heavy atom. The Labute approximate surface area is 92.5 Å². The van der Waals surface area contributed by atoms with Crippen molar-refractivity contribution in [2.45, 2.75) is 39.3 Å². The highest BCUT2D eigenvalue weighted by Crippen LogP contribution is 2.17. The number of aryl methyl sites for hydroxylation is 2. The van der Waals surface area contributed by atoms with Crippen LogP contribution in [0.5, 0.6) is 0 Å². The molecule has 2 rings (SSSR count). The molecule has 1 aliphatic heterocycles. The molecule has 2 heterocycles. The van der Waals surface area contributed by atoms with Gasteiger partial charge in [0.05, 0.1) is 5.92 Å². The number of carbonyl (C=O) groups is 1. The van der Waals surface area contributed by atoms with Crippen molar-refractivity contribution in [1.29, 1.82) is 0 Å².